The van der Waals surface area contributed by atoms with Crippen LogP contribution in [0.25, 0.3) is 0 Å². The van der Waals surface area contributed by atoms with Gasteiger partial charge in [-0.1, -0.05) is 24.3 Å². The monoisotopic (exact) mass is 419 g/mol. The summed E-state index contributed by atoms with van der Waals surface area (Å²) in [7, 11) is 0. The topological polar surface area (TPSA) is 83.7 Å². The van der Waals surface area contributed by atoms with Crippen molar-refractivity contribution in [3.05, 3.63) is 88.1 Å². The van der Waals surface area contributed by atoms with Crippen molar-refractivity contribution in [3.8, 4) is 0 Å². The Hall–Kier alpha value is -3.74. The molecule has 4 rings (SSSR count). The minimum absolute atomic E-state index is 0.0787. The van der Waals surface area contributed by atoms with Crippen LogP contribution < -0.4 is 10.7 Å². The Morgan fingerprint density at radius 1 is 1.03 bits per heavy atom. The van der Waals surface area contributed by atoms with Crippen molar-refractivity contribution in [2.45, 2.75) is 33.1 Å². The summed E-state index contributed by atoms with van der Waals surface area (Å²) in [5.74, 6) is -0.693. The number of nitrogens with zero attached hydrogens (tertiary/aromatic N) is 1. The van der Waals surface area contributed by atoms with E-state index in [2.05, 4.69) is 15.8 Å². The number of halogens is 1. The van der Waals surface area contributed by atoms with E-state index < -0.39 is 11.7 Å². The van der Waals surface area contributed by atoms with Gasteiger partial charge in [-0.3, -0.25) is 9.59 Å². The Kier molecular flexibility index (Phi) is 5.66. The van der Waals surface area contributed by atoms with Crippen LogP contribution in [0.1, 0.15) is 56.2 Å². The van der Waals surface area contributed by atoms with E-state index in [-0.39, 0.29) is 17.2 Å². The Morgan fingerprint density at radius 2 is 1.84 bits per heavy atom. The zero-order valence-electron chi connectivity index (χ0n) is 17.3. The normalized spacial score (nSPS) is 14.2. The maximum atomic E-state index is 13.8. The van der Waals surface area contributed by atoms with Crippen LogP contribution in [0.3, 0.4) is 0 Å². The highest BCUT2D eigenvalue weighted by atomic mass is 19.1. The molecule has 3 aromatic rings. The van der Waals surface area contributed by atoms with Crippen molar-refractivity contribution in [2.75, 3.05) is 5.32 Å². The van der Waals surface area contributed by atoms with Gasteiger partial charge in [0.2, 0.25) is 0 Å². The first-order valence-corrected chi connectivity index (χ1v) is 10.1. The molecule has 0 atom stereocenters. The fraction of sp³-hybridized carbons (Fsp3) is 0.208. The number of hydrogen-bond donors (Lipinski definition) is 2. The number of nitrogens with one attached hydrogen (secondary N) is 2. The van der Waals surface area contributed by atoms with Crippen molar-refractivity contribution in [1.29, 1.82) is 0 Å². The maximum absolute atomic E-state index is 13.8. The summed E-state index contributed by atoms with van der Waals surface area (Å²) in [4.78, 5) is 25.1. The lowest BCUT2D eigenvalue weighted by atomic mass is 9.93. The van der Waals surface area contributed by atoms with Crippen molar-refractivity contribution in [2.24, 2.45) is 5.10 Å². The summed E-state index contributed by atoms with van der Waals surface area (Å²) >= 11 is 0. The van der Waals surface area contributed by atoms with E-state index in [0.717, 1.165) is 17.5 Å². The molecule has 0 aliphatic heterocycles. The fourth-order valence-corrected chi connectivity index (χ4v) is 3.73. The maximum Gasteiger partial charge on any atom is 0.291 e. The first kappa shape index (κ1) is 20.5. The molecule has 0 saturated heterocycles. The van der Waals surface area contributed by atoms with Gasteiger partial charge in [0, 0.05) is 23.2 Å². The van der Waals surface area contributed by atoms with E-state index in [9.17, 15) is 14.0 Å². The first-order chi connectivity index (χ1) is 14.9. The predicted molar refractivity (Wildman–Crippen MR) is 116 cm³/mol. The Labute approximate surface area is 179 Å². The molecular formula is C24H22FN3O3. The molecule has 2 N–H and O–H groups in total. The Bertz CT molecular complexity index is 1200. The van der Waals surface area contributed by atoms with Gasteiger partial charge in [-0.05, 0) is 56.5 Å². The van der Waals surface area contributed by atoms with Gasteiger partial charge in [-0.15, -0.1) is 0 Å². The standard InChI is InChI=1S/C24H22FN3O3/c1-14-7-5-8-16(13-14)26-24(30)22-15(2)21-19(11-6-12-20(21)31-22)27-28-23(29)17-9-3-4-10-18(17)25/h3-5,7-10,13H,6,11-12H2,1-2H3,(H,26,30)(H,28,29)/b27-19+. The molecule has 2 amide bonds. The molecule has 1 aliphatic carbocycles. The number of hydrogen-bond acceptors (Lipinski definition) is 4. The van der Waals surface area contributed by atoms with Crippen LogP contribution in [-0.4, -0.2) is 17.5 Å². The number of hydrazone groups is 1. The molecule has 158 valence electrons. The van der Waals surface area contributed by atoms with Crippen LogP contribution in [0.4, 0.5) is 10.1 Å². The number of amides is 2. The first-order valence-electron chi connectivity index (χ1n) is 10.1. The lowest BCUT2D eigenvalue weighted by Crippen LogP contribution is -2.23. The van der Waals surface area contributed by atoms with E-state index >= 15 is 0 Å². The van der Waals surface area contributed by atoms with E-state index in [1.165, 1.54) is 18.2 Å². The molecule has 1 heterocycles. The van der Waals surface area contributed by atoms with Gasteiger partial charge in [0.05, 0.1) is 11.3 Å². The van der Waals surface area contributed by atoms with Crippen molar-refractivity contribution in [1.82, 2.24) is 5.43 Å². The summed E-state index contributed by atoms with van der Waals surface area (Å²) in [5.41, 5.74) is 6.08. The van der Waals surface area contributed by atoms with Crippen LogP contribution in [0, 0.1) is 19.7 Å². The molecule has 0 unspecified atom stereocenters. The number of benzene rings is 2. The summed E-state index contributed by atoms with van der Waals surface area (Å²) in [5, 5.41) is 7.09. The van der Waals surface area contributed by atoms with E-state index in [1.54, 1.807) is 13.0 Å². The molecular weight excluding hydrogens is 397 g/mol. The molecule has 0 spiro atoms. The summed E-state index contributed by atoms with van der Waals surface area (Å²) in [6.07, 6.45) is 2.06. The largest absolute Gasteiger partial charge is 0.455 e. The van der Waals surface area contributed by atoms with Gasteiger partial charge in [-0.25, -0.2) is 9.82 Å². The molecule has 7 heteroatoms. The molecule has 0 radical (unpaired) electrons. The summed E-state index contributed by atoms with van der Waals surface area (Å²) < 4.78 is 19.7. The van der Waals surface area contributed by atoms with E-state index in [1.807, 2.05) is 31.2 Å². The molecule has 1 aromatic heterocycles. The average Bonchev–Trinajstić information content (AvgIpc) is 3.10. The lowest BCUT2D eigenvalue weighted by molar-refractivity contribution is 0.0949. The second-order valence-corrected chi connectivity index (χ2v) is 7.51. The Balaban J connectivity index is 1.58. The van der Waals surface area contributed by atoms with Gasteiger partial charge >= 0.3 is 0 Å². The minimum atomic E-state index is -0.628. The SMILES string of the molecule is Cc1cccc(NC(=O)c2oc3c(c2C)/C(=N/NC(=O)c2ccccc2F)CCC3)c1. The number of carbonyl (C=O) groups is 2. The summed E-state index contributed by atoms with van der Waals surface area (Å²) in [6, 6.07) is 13.2. The molecule has 0 saturated carbocycles. The molecule has 2 aromatic carbocycles. The molecule has 6 nitrogen and oxygen atoms in total. The summed E-state index contributed by atoms with van der Waals surface area (Å²) in [6.45, 7) is 3.75. The van der Waals surface area contributed by atoms with Crippen molar-refractivity contribution >= 4 is 23.2 Å². The van der Waals surface area contributed by atoms with Gasteiger partial charge in [0.1, 0.15) is 11.6 Å². The van der Waals surface area contributed by atoms with Crippen LogP contribution in [0.5, 0.6) is 0 Å². The number of aryl methyl sites for hydroxylation is 2. The fourth-order valence-electron chi connectivity index (χ4n) is 3.73. The Morgan fingerprint density at radius 3 is 2.61 bits per heavy atom. The molecule has 0 bridgehead atoms. The quantitative estimate of drug-likeness (QED) is 0.598. The van der Waals surface area contributed by atoms with E-state index in [0.29, 0.717) is 35.6 Å². The van der Waals surface area contributed by atoms with Crippen LogP contribution in [0.2, 0.25) is 0 Å². The number of furan rings is 1. The van der Waals surface area contributed by atoms with Gasteiger partial charge in [0.15, 0.2) is 5.76 Å². The van der Waals surface area contributed by atoms with Gasteiger partial charge in [-0.2, -0.15) is 5.10 Å². The third kappa shape index (κ3) is 4.26. The molecule has 31 heavy (non-hydrogen) atoms. The van der Waals surface area contributed by atoms with Gasteiger partial charge in [0.25, 0.3) is 11.8 Å². The number of carbonyl (C=O) groups excluding carboxylic acids is 2. The highest BCUT2D eigenvalue weighted by Gasteiger charge is 2.28. The number of rotatable bonds is 4. The van der Waals surface area contributed by atoms with Crippen LogP contribution >= 0.6 is 0 Å². The van der Waals surface area contributed by atoms with Crippen molar-refractivity contribution in [3.63, 3.8) is 0 Å². The van der Waals surface area contributed by atoms with E-state index in [4.69, 9.17) is 4.42 Å². The number of anilines is 1. The molecule has 1 aliphatic rings. The molecule has 0 fully saturated rings. The number of fused-ring (bicyclic) bond motifs is 1. The average molecular weight is 419 g/mol. The van der Waals surface area contributed by atoms with Crippen molar-refractivity contribution < 1.29 is 18.4 Å². The minimum Gasteiger partial charge on any atom is -0.455 e. The highest BCUT2D eigenvalue weighted by molar-refractivity contribution is 6.09. The second kappa shape index (κ2) is 8.55. The second-order valence-electron chi connectivity index (χ2n) is 7.51. The van der Waals surface area contributed by atoms with Gasteiger partial charge < -0.3 is 9.73 Å². The zero-order chi connectivity index (χ0) is 22.0. The lowest BCUT2D eigenvalue weighted by Gasteiger charge is -2.13. The third-order valence-electron chi connectivity index (χ3n) is 5.22. The highest BCUT2D eigenvalue weighted by Crippen LogP contribution is 2.30. The third-order valence-corrected chi connectivity index (χ3v) is 5.22. The predicted octanol–water partition coefficient (Wildman–Crippen LogP) is 4.76. The van der Waals surface area contributed by atoms with Crippen LogP contribution in [0.15, 0.2) is 58.0 Å². The zero-order valence-corrected chi connectivity index (χ0v) is 17.3. The van der Waals surface area contributed by atoms with Crippen LogP contribution in [-0.2, 0) is 6.42 Å². The smallest absolute Gasteiger partial charge is 0.291 e.